The maximum absolute atomic E-state index is 6.41. The van der Waals surface area contributed by atoms with Crippen molar-refractivity contribution in [1.29, 1.82) is 0 Å². The second-order valence-electron chi connectivity index (χ2n) is 3.50. The summed E-state index contributed by atoms with van der Waals surface area (Å²) in [4.78, 5) is 1.02. The van der Waals surface area contributed by atoms with Crippen LogP contribution in [0.5, 0.6) is 0 Å². The molecule has 0 saturated carbocycles. The molecule has 1 nitrogen and oxygen atoms in total. The van der Waals surface area contributed by atoms with E-state index < -0.39 is 0 Å². The predicted molar refractivity (Wildman–Crippen MR) is 72.9 cm³/mol. The number of furan rings is 1. The van der Waals surface area contributed by atoms with Gasteiger partial charge in [-0.25, -0.2) is 0 Å². The van der Waals surface area contributed by atoms with E-state index in [4.69, 9.17) is 27.6 Å². The minimum absolute atomic E-state index is 0.203. The zero-order chi connectivity index (χ0) is 11.9. The van der Waals surface area contributed by atoms with Crippen molar-refractivity contribution < 1.29 is 4.42 Å². The van der Waals surface area contributed by atoms with Crippen molar-refractivity contribution in [3.8, 4) is 0 Å². The Morgan fingerprint density at radius 2 is 2.06 bits per heavy atom. The van der Waals surface area contributed by atoms with Gasteiger partial charge in [-0.15, -0.1) is 22.9 Å². The number of halogens is 3. The third-order valence-corrected chi connectivity index (χ3v) is 5.41. The quantitative estimate of drug-likeness (QED) is 0.639. The van der Waals surface area contributed by atoms with Gasteiger partial charge < -0.3 is 4.42 Å². The Morgan fingerprint density at radius 3 is 2.50 bits per heavy atom. The van der Waals surface area contributed by atoms with Gasteiger partial charge in [-0.1, -0.05) is 11.6 Å². The van der Waals surface area contributed by atoms with Crippen molar-refractivity contribution in [2.24, 2.45) is 0 Å². The van der Waals surface area contributed by atoms with E-state index in [1.54, 1.807) is 0 Å². The largest absolute Gasteiger partial charge is 0.466 e. The molecule has 0 aromatic carbocycles. The molecule has 0 fully saturated rings. The van der Waals surface area contributed by atoms with Crippen LogP contribution in [0, 0.1) is 13.8 Å². The summed E-state index contributed by atoms with van der Waals surface area (Å²) in [5.74, 6) is 1.73. The Bertz CT molecular complexity index is 499. The van der Waals surface area contributed by atoms with Gasteiger partial charge in [0.2, 0.25) is 0 Å². The first-order valence-corrected chi connectivity index (χ1v) is 7.07. The smallest absolute Gasteiger partial charge is 0.107 e. The molecule has 0 aliphatic rings. The average molecular weight is 340 g/mol. The molecule has 0 bridgehead atoms. The summed E-state index contributed by atoms with van der Waals surface area (Å²) in [5, 5.41) is -0.203. The highest BCUT2D eigenvalue weighted by molar-refractivity contribution is 9.10. The van der Waals surface area contributed by atoms with Crippen LogP contribution in [-0.2, 0) is 0 Å². The number of rotatable bonds is 2. The lowest BCUT2D eigenvalue weighted by molar-refractivity contribution is 0.501. The Hall–Kier alpha value is 0.0400. The van der Waals surface area contributed by atoms with Crippen LogP contribution in [0.25, 0.3) is 0 Å². The van der Waals surface area contributed by atoms with Crippen LogP contribution in [-0.4, -0.2) is 0 Å². The lowest BCUT2D eigenvalue weighted by Gasteiger charge is -2.04. The fourth-order valence-electron chi connectivity index (χ4n) is 1.54. The van der Waals surface area contributed by atoms with Crippen LogP contribution in [0.1, 0.15) is 27.3 Å². The van der Waals surface area contributed by atoms with E-state index in [2.05, 4.69) is 15.9 Å². The van der Waals surface area contributed by atoms with Gasteiger partial charge in [0.1, 0.15) is 15.9 Å². The molecule has 1 atom stereocenters. The van der Waals surface area contributed by atoms with E-state index in [1.165, 1.54) is 11.3 Å². The first-order valence-electron chi connectivity index (χ1n) is 4.64. The molecule has 2 rings (SSSR count). The van der Waals surface area contributed by atoms with Gasteiger partial charge in [0, 0.05) is 14.9 Å². The molecule has 2 aromatic rings. The Balaban J connectivity index is 2.38. The average Bonchev–Trinajstić information content (AvgIpc) is 2.70. The standard InChI is InChI=1S/C11H9BrCl2OS/c1-5-3-7(6(2)15-5)10(13)9-4-8(12)11(14)16-9/h3-4,10H,1-2H3. The lowest BCUT2D eigenvalue weighted by atomic mass is 10.1. The highest BCUT2D eigenvalue weighted by atomic mass is 79.9. The van der Waals surface area contributed by atoms with Gasteiger partial charge in [-0.2, -0.15) is 0 Å². The normalized spacial score (nSPS) is 13.1. The van der Waals surface area contributed by atoms with Crippen molar-refractivity contribution in [1.82, 2.24) is 0 Å². The third kappa shape index (κ3) is 2.33. The molecule has 2 heterocycles. The van der Waals surface area contributed by atoms with Gasteiger partial charge in [0.15, 0.2) is 0 Å². The number of thiophene rings is 1. The van der Waals surface area contributed by atoms with Crippen molar-refractivity contribution in [2.45, 2.75) is 19.2 Å². The molecule has 0 N–H and O–H groups in total. The van der Waals surface area contributed by atoms with Gasteiger partial charge in [0.25, 0.3) is 0 Å². The molecule has 5 heteroatoms. The molecule has 0 aliphatic carbocycles. The second-order valence-corrected chi connectivity index (χ2v) is 6.48. The fraction of sp³-hybridized carbons (Fsp3) is 0.273. The predicted octanol–water partition coefficient (Wildman–Crippen LogP) is 5.70. The highest BCUT2D eigenvalue weighted by Crippen LogP contribution is 2.41. The minimum Gasteiger partial charge on any atom is -0.466 e. The SMILES string of the molecule is Cc1cc(C(Cl)c2cc(Br)c(Cl)s2)c(C)o1. The van der Waals surface area contributed by atoms with Gasteiger partial charge >= 0.3 is 0 Å². The summed E-state index contributed by atoms with van der Waals surface area (Å²) in [6, 6.07) is 3.92. The maximum atomic E-state index is 6.41. The molecule has 0 radical (unpaired) electrons. The van der Waals surface area contributed by atoms with Crippen LogP contribution in [0.15, 0.2) is 21.0 Å². The lowest BCUT2D eigenvalue weighted by Crippen LogP contribution is -1.89. The fourth-order valence-corrected chi connectivity index (χ4v) is 3.69. The summed E-state index contributed by atoms with van der Waals surface area (Å²) in [7, 11) is 0. The molecule has 1 unspecified atom stereocenters. The third-order valence-electron chi connectivity index (χ3n) is 2.27. The van der Waals surface area contributed by atoms with E-state index >= 15 is 0 Å². The number of alkyl halides is 1. The minimum atomic E-state index is -0.203. The Kier molecular flexibility index (Phi) is 3.69. The molecule has 16 heavy (non-hydrogen) atoms. The number of aryl methyl sites for hydroxylation is 2. The first-order chi connectivity index (χ1) is 7.49. The van der Waals surface area contributed by atoms with E-state index in [0.29, 0.717) is 0 Å². The van der Waals surface area contributed by atoms with Gasteiger partial charge in [-0.3, -0.25) is 0 Å². The highest BCUT2D eigenvalue weighted by Gasteiger charge is 2.19. The van der Waals surface area contributed by atoms with Crippen LogP contribution in [0.4, 0.5) is 0 Å². The van der Waals surface area contributed by atoms with Crippen LogP contribution in [0.3, 0.4) is 0 Å². The van der Waals surface area contributed by atoms with Crippen LogP contribution < -0.4 is 0 Å². The molecule has 0 spiro atoms. The molecule has 0 saturated heterocycles. The van der Waals surface area contributed by atoms with Crippen molar-refractivity contribution in [2.75, 3.05) is 0 Å². The topological polar surface area (TPSA) is 13.1 Å². The zero-order valence-electron chi connectivity index (χ0n) is 8.68. The summed E-state index contributed by atoms with van der Waals surface area (Å²) >= 11 is 17.3. The number of hydrogen-bond acceptors (Lipinski definition) is 2. The van der Waals surface area contributed by atoms with E-state index in [1.807, 2.05) is 26.0 Å². The van der Waals surface area contributed by atoms with Crippen molar-refractivity contribution in [3.63, 3.8) is 0 Å². The Labute approximate surface area is 116 Å². The van der Waals surface area contributed by atoms with Crippen LogP contribution in [0.2, 0.25) is 4.34 Å². The Morgan fingerprint density at radius 1 is 1.38 bits per heavy atom. The summed E-state index contributed by atoms with van der Waals surface area (Å²) < 4.78 is 7.08. The van der Waals surface area contributed by atoms with Gasteiger partial charge in [0.05, 0.1) is 5.38 Å². The summed E-state index contributed by atoms with van der Waals surface area (Å²) in [6.45, 7) is 3.83. The summed E-state index contributed by atoms with van der Waals surface area (Å²) in [6.07, 6.45) is 0. The first kappa shape index (κ1) is 12.5. The van der Waals surface area contributed by atoms with Crippen LogP contribution >= 0.6 is 50.5 Å². The number of hydrogen-bond donors (Lipinski definition) is 0. The molecule has 2 aromatic heterocycles. The molecule has 0 aliphatic heterocycles. The van der Waals surface area contributed by atoms with E-state index in [0.717, 1.165) is 30.8 Å². The maximum Gasteiger partial charge on any atom is 0.107 e. The molecule has 86 valence electrons. The van der Waals surface area contributed by atoms with Crippen molar-refractivity contribution >= 4 is 50.5 Å². The van der Waals surface area contributed by atoms with E-state index in [-0.39, 0.29) is 5.38 Å². The van der Waals surface area contributed by atoms with Crippen molar-refractivity contribution in [3.05, 3.63) is 42.9 Å². The zero-order valence-corrected chi connectivity index (χ0v) is 12.6. The summed E-state index contributed by atoms with van der Waals surface area (Å²) in [5.41, 5.74) is 1.00. The van der Waals surface area contributed by atoms with Gasteiger partial charge in [-0.05, 0) is 41.9 Å². The molecule has 0 amide bonds. The molecular weight excluding hydrogens is 331 g/mol. The monoisotopic (exact) mass is 338 g/mol. The van der Waals surface area contributed by atoms with E-state index in [9.17, 15) is 0 Å². The second kappa shape index (κ2) is 4.73. The molecular formula is C11H9BrCl2OS.